The summed E-state index contributed by atoms with van der Waals surface area (Å²) in [6.07, 6.45) is -0.0954. The van der Waals surface area contributed by atoms with Crippen LogP contribution in [0.15, 0.2) is 0 Å². The summed E-state index contributed by atoms with van der Waals surface area (Å²) in [6.45, 7) is -1.08. The Bertz CT molecular complexity index is 311. The van der Waals surface area contributed by atoms with Crippen molar-refractivity contribution < 1.29 is 41.8 Å². The molecule has 0 spiro atoms. The van der Waals surface area contributed by atoms with Gasteiger partial charge in [0.05, 0.1) is 20.6 Å². The maximum Gasteiger partial charge on any atom is 0.700 e. The quantitative estimate of drug-likeness (QED) is 0.332. The summed E-state index contributed by atoms with van der Waals surface area (Å²) in [7, 11) is -2.34. The lowest BCUT2D eigenvalue weighted by Crippen LogP contribution is -2.07. The molecule has 0 aliphatic rings. The zero-order chi connectivity index (χ0) is 14.7. The van der Waals surface area contributed by atoms with Crippen LogP contribution < -0.4 is 0 Å². The van der Waals surface area contributed by atoms with E-state index in [1.807, 2.05) is 0 Å². The Morgan fingerprint density at radius 2 is 1.58 bits per heavy atom. The fourth-order valence-electron chi connectivity index (χ4n) is 0.676. The van der Waals surface area contributed by atoms with Gasteiger partial charge in [0, 0.05) is 4.57 Å². The number of hydrogen-bond donors (Lipinski definition) is 0. The summed E-state index contributed by atoms with van der Waals surface area (Å²) < 4.78 is 44.4. The van der Waals surface area contributed by atoms with E-state index in [2.05, 4.69) is 23.0 Å². The Kier molecular flexibility index (Phi) is 10.3. The second-order valence-corrected chi connectivity index (χ2v) is 5.17. The van der Waals surface area contributed by atoms with Gasteiger partial charge < -0.3 is 9.47 Å². The largest absolute Gasteiger partial charge is 0.700 e. The SMILES string of the molecule is COC(=O)CC[P+](=O)OCO[P+](=O)OCC(=O)OC. The number of carbonyl (C=O) groups excluding carboxylic acids is 2. The summed E-state index contributed by atoms with van der Waals surface area (Å²) >= 11 is 0. The topological polar surface area (TPSA) is 114 Å². The molecule has 11 heteroatoms. The molecule has 0 N–H and O–H groups in total. The van der Waals surface area contributed by atoms with Gasteiger partial charge in [-0.05, 0) is 4.57 Å². The van der Waals surface area contributed by atoms with Crippen LogP contribution in [0, 0.1) is 0 Å². The van der Waals surface area contributed by atoms with Crippen LogP contribution in [0.3, 0.4) is 0 Å². The molecule has 2 atom stereocenters. The number of esters is 2. The molecule has 0 amide bonds. The maximum absolute atomic E-state index is 11.2. The van der Waals surface area contributed by atoms with Gasteiger partial charge in [-0.25, -0.2) is 4.79 Å². The van der Waals surface area contributed by atoms with Crippen molar-refractivity contribution in [2.45, 2.75) is 6.42 Å². The van der Waals surface area contributed by atoms with Crippen LogP contribution in [-0.4, -0.2) is 45.7 Å². The van der Waals surface area contributed by atoms with Gasteiger partial charge in [0.2, 0.25) is 6.61 Å². The summed E-state index contributed by atoms with van der Waals surface area (Å²) in [5, 5.41) is 0. The molecule has 0 aliphatic heterocycles. The normalized spacial score (nSPS) is 11.7. The van der Waals surface area contributed by atoms with Crippen molar-refractivity contribution in [2.75, 3.05) is 33.8 Å². The van der Waals surface area contributed by atoms with Gasteiger partial charge in [0.15, 0.2) is 6.16 Å². The molecule has 0 bridgehead atoms. The third kappa shape index (κ3) is 10.6. The van der Waals surface area contributed by atoms with Crippen molar-refractivity contribution in [1.82, 2.24) is 0 Å². The van der Waals surface area contributed by atoms with Crippen molar-refractivity contribution in [1.29, 1.82) is 0 Å². The summed E-state index contributed by atoms with van der Waals surface area (Å²) in [4.78, 5) is 21.4. The minimum absolute atomic E-state index is 0.0365. The average Bonchev–Trinajstić information content (AvgIpc) is 2.41. The van der Waals surface area contributed by atoms with Crippen LogP contribution in [0.2, 0.25) is 0 Å². The summed E-state index contributed by atoms with van der Waals surface area (Å²) in [6, 6.07) is 0. The lowest BCUT2D eigenvalue weighted by molar-refractivity contribution is -0.143. The van der Waals surface area contributed by atoms with Gasteiger partial charge in [-0.1, -0.05) is 4.52 Å². The van der Waals surface area contributed by atoms with Crippen LogP contribution >= 0.6 is 16.3 Å². The van der Waals surface area contributed by atoms with Gasteiger partial charge in [0.25, 0.3) is 6.79 Å². The molecule has 0 saturated heterocycles. The number of rotatable bonds is 10. The fraction of sp³-hybridized carbons (Fsp3) is 0.750. The van der Waals surface area contributed by atoms with E-state index in [0.717, 1.165) is 7.11 Å². The summed E-state index contributed by atoms with van der Waals surface area (Å²) in [5.74, 6) is -1.22. The number of carbonyl (C=O) groups is 2. The Labute approximate surface area is 111 Å². The molecular formula is C8H14O9P2+2. The van der Waals surface area contributed by atoms with E-state index >= 15 is 0 Å². The molecule has 0 heterocycles. The first-order chi connectivity index (χ1) is 8.99. The van der Waals surface area contributed by atoms with Crippen LogP contribution in [-0.2, 0) is 41.8 Å². The predicted octanol–water partition coefficient (Wildman–Crippen LogP) is 1.13. The average molecular weight is 316 g/mol. The van der Waals surface area contributed by atoms with Crippen molar-refractivity contribution >= 4 is 28.2 Å². The molecule has 2 unspecified atom stereocenters. The van der Waals surface area contributed by atoms with Crippen molar-refractivity contribution in [3.8, 4) is 0 Å². The maximum atomic E-state index is 11.2. The molecule has 9 nitrogen and oxygen atoms in total. The highest BCUT2D eigenvalue weighted by molar-refractivity contribution is 7.39. The monoisotopic (exact) mass is 316 g/mol. The highest BCUT2D eigenvalue weighted by atomic mass is 31.1. The lowest BCUT2D eigenvalue weighted by atomic mass is 10.5. The standard InChI is InChI=1S/C8H14O9P2/c1-13-7(9)3-4-18(11)16-6-17-19(12)15-5-8(10)14-2/h3-6H2,1-2H3/q+2. The highest BCUT2D eigenvalue weighted by Crippen LogP contribution is 2.28. The smallest absolute Gasteiger partial charge is 0.469 e. The fourth-order valence-corrected chi connectivity index (χ4v) is 1.85. The number of methoxy groups -OCH3 is 2. The minimum atomic E-state index is -2.57. The lowest BCUT2D eigenvalue weighted by Gasteiger charge is -1.92. The van der Waals surface area contributed by atoms with E-state index < -0.39 is 41.6 Å². The van der Waals surface area contributed by atoms with E-state index in [1.165, 1.54) is 7.11 Å². The predicted molar refractivity (Wildman–Crippen MR) is 61.7 cm³/mol. The number of hydrogen-bond acceptors (Lipinski definition) is 9. The Balaban J connectivity index is 3.61. The Morgan fingerprint density at radius 3 is 2.16 bits per heavy atom. The van der Waals surface area contributed by atoms with E-state index in [4.69, 9.17) is 0 Å². The second kappa shape index (κ2) is 10.9. The molecule has 0 fully saturated rings. The molecular weight excluding hydrogens is 302 g/mol. The van der Waals surface area contributed by atoms with Gasteiger partial charge in [-0.3, -0.25) is 4.79 Å². The molecule has 19 heavy (non-hydrogen) atoms. The first-order valence-corrected chi connectivity index (χ1v) is 7.39. The van der Waals surface area contributed by atoms with Gasteiger partial charge in [-0.15, -0.1) is 9.05 Å². The molecule has 0 aliphatic carbocycles. The van der Waals surface area contributed by atoms with Crippen molar-refractivity contribution in [2.24, 2.45) is 0 Å². The molecule has 0 radical (unpaired) electrons. The van der Waals surface area contributed by atoms with E-state index in [1.54, 1.807) is 0 Å². The number of ether oxygens (including phenoxy) is 2. The molecule has 0 rings (SSSR count). The first kappa shape index (κ1) is 18.0. The molecule has 0 aromatic carbocycles. The molecule has 108 valence electrons. The third-order valence-electron chi connectivity index (χ3n) is 1.60. The van der Waals surface area contributed by atoms with Gasteiger partial charge >= 0.3 is 28.2 Å². The molecule has 0 saturated carbocycles. The second-order valence-electron chi connectivity index (χ2n) is 2.83. The highest BCUT2D eigenvalue weighted by Gasteiger charge is 2.27. The molecule has 0 aromatic rings. The Hall–Kier alpha value is -0.980. The van der Waals surface area contributed by atoms with Crippen LogP contribution in [0.5, 0.6) is 0 Å². The van der Waals surface area contributed by atoms with Crippen LogP contribution in [0.4, 0.5) is 0 Å². The van der Waals surface area contributed by atoms with E-state index in [9.17, 15) is 18.7 Å². The molecule has 0 aromatic heterocycles. The van der Waals surface area contributed by atoms with Gasteiger partial charge in [0.1, 0.15) is 0 Å². The Morgan fingerprint density at radius 1 is 0.947 bits per heavy atom. The van der Waals surface area contributed by atoms with Gasteiger partial charge in [-0.2, -0.15) is 0 Å². The zero-order valence-corrected chi connectivity index (χ0v) is 12.2. The van der Waals surface area contributed by atoms with E-state index in [-0.39, 0.29) is 12.6 Å². The summed E-state index contributed by atoms with van der Waals surface area (Å²) in [5.41, 5.74) is 0. The van der Waals surface area contributed by atoms with Crippen molar-refractivity contribution in [3.05, 3.63) is 0 Å². The zero-order valence-electron chi connectivity index (χ0n) is 10.4. The first-order valence-electron chi connectivity index (χ1n) is 4.94. The minimum Gasteiger partial charge on any atom is -0.469 e. The van der Waals surface area contributed by atoms with Crippen molar-refractivity contribution in [3.63, 3.8) is 0 Å². The third-order valence-corrected chi connectivity index (χ3v) is 3.23. The van der Waals surface area contributed by atoms with E-state index in [0.29, 0.717) is 0 Å². The van der Waals surface area contributed by atoms with Crippen LogP contribution in [0.25, 0.3) is 0 Å². The van der Waals surface area contributed by atoms with Crippen LogP contribution in [0.1, 0.15) is 6.42 Å².